The van der Waals surface area contributed by atoms with Gasteiger partial charge in [0.25, 0.3) is 0 Å². The molecule has 1 fully saturated rings. The monoisotopic (exact) mass is 292 g/mol. The summed E-state index contributed by atoms with van der Waals surface area (Å²) >= 11 is 0. The molecule has 1 aromatic carbocycles. The summed E-state index contributed by atoms with van der Waals surface area (Å²) in [6.07, 6.45) is 1.16. The Kier molecular flexibility index (Phi) is 5.07. The molecule has 1 aromatic rings. The Morgan fingerprint density at radius 2 is 2.24 bits per heavy atom. The van der Waals surface area contributed by atoms with Crippen LogP contribution in [-0.4, -0.2) is 38.9 Å². The molecule has 0 aromatic heterocycles. The molecule has 1 aliphatic rings. The van der Waals surface area contributed by atoms with Crippen molar-refractivity contribution < 1.29 is 14.3 Å². The summed E-state index contributed by atoms with van der Waals surface area (Å²) in [6.45, 7) is 5.93. The van der Waals surface area contributed by atoms with Gasteiger partial charge >= 0.3 is 5.97 Å². The van der Waals surface area contributed by atoms with Crippen LogP contribution in [0, 0.1) is 5.92 Å². The maximum Gasteiger partial charge on any atom is 0.340 e. The number of esters is 1. The van der Waals surface area contributed by atoms with Crippen LogP contribution in [0.4, 0.5) is 11.4 Å². The predicted molar refractivity (Wildman–Crippen MR) is 83.6 cm³/mol. The van der Waals surface area contributed by atoms with Crippen molar-refractivity contribution in [3.63, 3.8) is 0 Å². The summed E-state index contributed by atoms with van der Waals surface area (Å²) in [7, 11) is 1.73. The van der Waals surface area contributed by atoms with Gasteiger partial charge in [0.05, 0.1) is 29.6 Å². The minimum absolute atomic E-state index is 0.147. The highest BCUT2D eigenvalue weighted by atomic mass is 16.5. The number of nitrogens with two attached hydrogens (primary N) is 1. The van der Waals surface area contributed by atoms with Gasteiger partial charge < -0.3 is 20.1 Å². The SMILES string of the molecule is CCOC(=O)c1cccc(N)c1N1CCC(C)C(OC)C1. The number of hydrogen-bond acceptors (Lipinski definition) is 5. The van der Waals surface area contributed by atoms with E-state index in [1.165, 1.54) is 0 Å². The molecule has 1 saturated heterocycles. The molecular formula is C16H24N2O3. The summed E-state index contributed by atoms with van der Waals surface area (Å²) in [6, 6.07) is 5.37. The molecule has 2 atom stereocenters. The lowest BCUT2D eigenvalue weighted by Crippen LogP contribution is -2.44. The van der Waals surface area contributed by atoms with Crippen LogP contribution in [0.25, 0.3) is 0 Å². The number of methoxy groups -OCH3 is 1. The van der Waals surface area contributed by atoms with Crippen LogP contribution in [0.1, 0.15) is 30.6 Å². The highest BCUT2D eigenvalue weighted by molar-refractivity contribution is 5.99. The average Bonchev–Trinajstić information content (AvgIpc) is 2.48. The van der Waals surface area contributed by atoms with Crippen molar-refractivity contribution >= 4 is 17.3 Å². The third kappa shape index (κ3) is 3.29. The van der Waals surface area contributed by atoms with Crippen molar-refractivity contribution in [1.29, 1.82) is 0 Å². The summed E-state index contributed by atoms with van der Waals surface area (Å²) in [5.74, 6) is 0.176. The van der Waals surface area contributed by atoms with Gasteiger partial charge in [0.1, 0.15) is 0 Å². The minimum Gasteiger partial charge on any atom is -0.462 e. The van der Waals surface area contributed by atoms with Crippen LogP contribution in [-0.2, 0) is 9.47 Å². The third-order valence-corrected chi connectivity index (χ3v) is 4.07. The fraction of sp³-hybridized carbons (Fsp3) is 0.562. The number of hydrogen-bond donors (Lipinski definition) is 1. The van der Waals surface area contributed by atoms with Crippen molar-refractivity contribution in [2.75, 3.05) is 37.4 Å². The molecule has 0 spiro atoms. The number of nitrogen functional groups attached to an aromatic ring is 1. The Balaban J connectivity index is 2.32. The molecule has 0 amide bonds. The molecule has 116 valence electrons. The van der Waals surface area contributed by atoms with E-state index in [9.17, 15) is 4.79 Å². The van der Waals surface area contributed by atoms with Gasteiger partial charge in [-0.3, -0.25) is 0 Å². The first kappa shape index (κ1) is 15.6. The summed E-state index contributed by atoms with van der Waals surface area (Å²) in [5.41, 5.74) is 8.02. The minimum atomic E-state index is -0.326. The molecule has 0 saturated carbocycles. The fourth-order valence-electron chi connectivity index (χ4n) is 2.83. The molecule has 2 unspecified atom stereocenters. The number of carbonyl (C=O) groups is 1. The number of carbonyl (C=O) groups excluding carboxylic acids is 1. The lowest BCUT2D eigenvalue weighted by atomic mass is 9.94. The van der Waals surface area contributed by atoms with E-state index in [-0.39, 0.29) is 12.1 Å². The molecule has 2 N–H and O–H groups in total. The molecule has 2 rings (SSSR count). The second kappa shape index (κ2) is 6.80. The van der Waals surface area contributed by atoms with E-state index in [2.05, 4.69) is 11.8 Å². The molecule has 5 nitrogen and oxygen atoms in total. The highest BCUT2D eigenvalue weighted by Gasteiger charge is 2.29. The van der Waals surface area contributed by atoms with E-state index in [0.717, 1.165) is 25.2 Å². The van der Waals surface area contributed by atoms with E-state index in [0.29, 0.717) is 23.8 Å². The smallest absolute Gasteiger partial charge is 0.340 e. The molecule has 21 heavy (non-hydrogen) atoms. The molecule has 0 radical (unpaired) electrons. The van der Waals surface area contributed by atoms with Gasteiger partial charge in [0.2, 0.25) is 0 Å². The van der Waals surface area contributed by atoms with Gasteiger partial charge in [-0.15, -0.1) is 0 Å². The maximum absolute atomic E-state index is 12.1. The van der Waals surface area contributed by atoms with Crippen LogP contribution in [0.2, 0.25) is 0 Å². The summed E-state index contributed by atoms with van der Waals surface area (Å²) in [5, 5.41) is 0. The van der Waals surface area contributed by atoms with Gasteiger partial charge in [-0.1, -0.05) is 13.0 Å². The van der Waals surface area contributed by atoms with E-state index in [4.69, 9.17) is 15.2 Å². The van der Waals surface area contributed by atoms with Gasteiger partial charge in [0, 0.05) is 20.2 Å². The van der Waals surface area contributed by atoms with E-state index < -0.39 is 0 Å². The third-order valence-electron chi connectivity index (χ3n) is 4.07. The molecule has 1 heterocycles. The van der Waals surface area contributed by atoms with Crippen LogP contribution in [0.15, 0.2) is 18.2 Å². The number of benzene rings is 1. The maximum atomic E-state index is 12.1. The van der Waals surface area contributed by atoms with E-state index >= 15 is 0 Å². The molecular weight excluding hydrogens is 268 g/mol. The zero-order valence-electron chi connectivity index (χ0n) is 13.0. The van der Waals surface area contributed by atoms with Crippen molar-refractivity contribution in [1.82, 2.24) is 0 Å². The topological polar surface area (TPSA) is 64.8 Å². The standard InChI is InChI=1S/C16H24N2O3/c1-4-21-16(19)12-6-5-7-13(17)15(12)18-9-8-11(2)14(10-18)20-3/h5-7,11,14H,4,8-10,17H2,1-3H3. The first-order valence-corrected chi connectivity index (χ1v) is 7.41. The van der Waals surface area contributed by atoms with Gasteiger partial charge in [-0.25, -0.2) is 4.79 Å². The first-order chi connectivity index (χ1) is 10.1. The van der Waals surface area contributed by atoms with Crippen molar-refractivity contribution in [3.05, 3.63) is 23.8 Å². The zero-order valence-corrected chi connectivity index (χ0v) is 13.0. The quantitative estimate of drug-likeness (QED) is 0.681. The number of ether oxygens (including phenoxy) is 2. The molecule has 1 aliphatic heterocycles. The van der Waals surface area contributed by atoms with Gasteiger partial charge in [0.15, 0.2) is 0 Å². The number of piperidine rings is 1. The Morgan fingerprint density at radius 1 is 1.48 bits per heavy atom. The zero-order chi connectivity index (χ0) is 15.4. The second-order valence-corrected chi connectivity index (χ2v) is 5.45. The summed E-state index contributed by atoms with van der Waals surface area (Å²) in [4.78, 5) is 14.3. The van der Waals surface area contributed by atoms with E-state index in [1.54, 1.807) is 26.2 Å². The van der Waals surface area contributed by atoms with E-state index in [1.807, 2.05) is 6.07 Å². The summed E-state index contributed by atoms with van der Waals surface area (Å²) < 4.78 is 10.7. The Bertz CT molecular complexity index is 504. The molecule has 0 bridgehead atoms. The predicted octanol–water partition coefficient (Wildman–Crippen LogP) is 2.31. The normalized spacial score (nSPS) is 22.1. The van der Waals surface area contributed by atoms with Crippen molar-refractivity contribution in [2.24, 2.45) is 5.92 Å². The van der Waals surface area contributed by atoms with Crippen molar-refractivity contribution in [3.8, 4) is 0 Å². The fourth-order valence-corrected chi connectivity index (χ4v) is 2.83. The second-order valence-electron chi connectivity index (χ2n) is 5.45. The lowest BCUT2D eigenvalue weighted by Gasteiger charge is -2.38. The first-order valence-electron chi connectivity index (χ1n) is 7.41. The van der Waals surface area contributed by atoms with Gasteiger partial charge in [-0.2, -0.15) is 0 Å². The Morgan fingerprint density at radius 3 is 2.90 bits per heavy atom. The number of rotatable bonds is 4. The van der Waals surface area contributed by atoms with Gasteiger partial charge in [-0.05, 0) is 31.4 Å². The number of anilines is 2. The molecule has 5 heteroatoms. The van der Waals surface area contributed by atoms with Crippen LogP contribution >= 0.6 is 0 Å². The number of para-hydroxylation sites is 1. The molecule has 0 aliphatic carbocycles. The van der Waals surface area contributed by atoms with Crippen LogP contribution in [0.3, 0.4) is 0 Å². The Labute approximate surface area is 126 Å². The lowest BCUT2D eigenvalue weighted by molar-refractivity contribution is 0.0486. The van der Waals surface area contributed by atoms with Crippen LogP contribution < -0.4 is 10.6 Å². The number of nitrogens with zero attached hydrogens (tertiary/aromatic N) is 1. The van der Waals surface area contributed by atoms with Crippen LogP contribution in [0.5, 0.6) is 0 Å². The highest BCUT2D eigenvalue weighted by Crippen LogP contribution is 2.32. The largest absolute Gasteiger partial charge is 0.462 e. The van der Waals surface area contributed by atoms with Crippen molar-refractivity contribution in [2.45, 2.75) is 26.4 Å². The average molecular weight is 292 g/mol. The Hall–Kier alpha value is -1.75.